The number of methoxy groups -OCH3 is 1. The molecule has 0 aliphatic rings. The first-order valence-corrected chi connectivity index (χ1v) is 13.4. The largest absolute Gasteiger partial charge is 0.497 e. The van der Waals surface area contributed by atoms with Gasteiger partial charge in [0, 0.05) is 22.3 Å². The molecule has 0 atom stereocenters. The van der Waals surface area contributed by atoms with Crippen LogP contribution in [-0.4, -0.2) is 26.4 Å². The van der Waals surface area contributed by atoms with E-state index in [2.05, 4.69) is 10.0 Å². The highest BCUT2D eigenvalue weighted by Crippen LogP contribution is 2.28. The zero-order valence-electron chi connectivity index (χ0n) is 20.8. The number of fused-ring (bicyclic) bond motifs is 1. The molecule has 0 spiro atoms. The number of amides is 1. The smallest absolute Gasteiger partial charge is 0.261 e. The number of para-hydroxylation sites is 1. The molecular weight excluding hydrogens is 498 g/mol. The first-order valence-electron chi connectivity index (χ1n) is 11.9. The number of anilines is 2. The monoisotopic (exact) mass is 523 g/mol. The van der Waals surface area contributed by atoms with Crippen molar-refractivity contribution in [3.8, 4) is 17.0 Å². The van der Waals surface area contributed by atoms with Crippen LogP contribution < -0.4 is 14.8 Å². The Kier molecular flexibility index (Phi) is 6.81. The van der Waals surface area contributed by atoms with Gasteiger partial charge in [0.1, 0.15) is 5.75 Å². The van der Waals surface area contributed by atoms with Crippen molar-refractivity contribution in [1.82, 2.24) is 4.98 Å². The topological polar surface area (TPSA) is 97.4 Å². The molecule has 0 fully saturated rings. The van der Waals surface area contributed by atoms with E-state index < -0.39 is 10.0 Å². The summed E-state index contributed by atoms with van der Waals surface area (Å²) in [4.78, 5) is 18.3. The number of aryl methyl sites for hydroxylation is 1. The van der Waals surface area contributed by atoms with E-state index in [4.69, 9.17) is 9.72 Å². The van der Waals surface area contributed by atoms with E-state index >= 15 is 0 Å². The third kappa shape index (κ3) is 5.35. The maximum atomic E-state index is 13.4. The summed E-state index contributed by atoms with van der Waals surface area (Å²) in [5.74, 6) is 0.391. The maximum absolute atomic E-state index is 13.4. The lowest BCUT2D eigenvalue weighted by atomic mass is 10.0. The summed E-state index contributed by atoms with van der Waals surface area (Å²) in [7, 11) is -2.12. The summed E-state index contributed by atoms with van der Waals surface area (Å²) < 4.78 is 33.3. The molecule has 0 unspecified atom stereocenters. The number of hydrogen-bond acceptors (Lipinski definition) is 5. The second-order valence-corrected chi connectivity index (χ2v) is 10.4. The maximum Gasteiger partial charge on any atom is 0.261 e. The van der Waals surface area contributed by atoms with Crippen LogP contribution in [0.25, 0.3) is 22.2 Å². The van der Waals surface area contributed by atoms with Crippen LogP contribution in [0.15, 0.2) is 108 Å². The van der Waals surface area contributed by atoms with Crippen molar-refractivity contribution in [2.24, 2.45) is 0 Å². The molecule has 0 bridgehead atoms. The van der Waals surface area contributed by atoms with Gasteiger partial charge in [-0.05, 0) is 67.6 Å². The molecule has 190 valence electrons. The van der Waals surface area contributed by atoms with E-state index in [1.807, 2.05) is 55.5 Å². The van der Waals surface area contributed by atoms with E-state index in [1.165, 1.54) is 0 Å². The van der Waals surface area contributed by atoms with E-state index in [0.29, 0.717) is 33.9 Å². The number of benzene rings is 4. The number of pyridine rings is 1. The highest BCUT2D eigenvalue weighted by molar-refractivity contribution is 7.92. The molecule has 2 N–H and O–H groups in total. The minimum Gasteiger partial charge on any atom is -0.497 e. The Morgan fingerprint density at radius 2 is 1.53 bits per heavy atom. The molecule has 0 aliphatic heterocycles. The molecule has 38 heavy (non-hydrogen) atoms. The lowest BCUT2D eigenvalue weighted by molar-refractivity contribution is 0.102. The summed E-state index contributed by atoms with van der Waals surface area (Å²) in [6.45, 7) is 1.89. The lowest BCUT2D eigenvalue weighted by Gasteiger charge is -2.12. The van der Waals surface area contributed by atoms with Crippen molar-refractivity contribution >= 4 is 38.2 Å². The number of aromatic nitrogens is 1. The van der Waals surface area contributed by atoms with E-state index in [1.54, 1.807) is 61.7 Å². The summed E-state index contributed by atoms with van der Waals surface area (Å²) >= 11 is 0. The Labute approximate surface area is 221 Å². The molecule has 0 saturated carbocycles. The van der Waals surface area contributed by atoms with Crippen LogP contribution in [0.3, 0.4) is 0 Å². The third-order valence-electron chi connectivity index (χ3n) is 6.05. The Balaban J connectivity index is 1.39. The fraction of sp³-hybridized carbons (Fsp3) is 0.0667. The van der Waals surface area contributed by atoms with Crippen LogP contribution in [0.2, 0.25) is 0 Å². The van der Waals surface area contributed by atoms with Gasteiger partial charge in [0.05, 0.1) is 28.8 Å². The molecule has 0 radical (unpaired) electrons. The molecule has 0 saturated heterocycles. The second kappa shape index (κ2) is 10.4. The SMILES string of the molecule is COc1cccc(-c2cc(C(=O)Nc3ccc(NS(=O)(=O)c4ccc(C)cc4)cc3)c3ccccc3n2)c1. The van der Waals surface area contributed by atoms with Crippen LogP contribution in [0.4, 0.5) is 11.4 Å². The lowest BCUT2D eigenvalue weighted by Crippen LogP contribution is -2.14. The van der Waals surface area contributed by atoms with Gasteiger partial charge in [-0.1, -0.05) is 48.0 Å². The number of carbonyl (C=O) groups is 1. The quantitative estimate of drug-likeness (QED) is 0.262. The van der Waals surface area contributed by atoms with Crippen LogP contribution >= 0.6 is 0 Å². The van der Waals surface area contributed by atoms with Crippen LogP contribution in [-0.2, 0) is 10.0 Å². The summed E-state index contributed by atoms with van der Waals surface area (Å²) in [5.41, 5.74) is 4.52. The summed E-state index contributed by atoms with van der Waals surface area (Å²) in [5, 5.41) is 3.63. The van der Waals surface area contributed by atoms with Crippen molar-refractivity contribution < 1.29 is 17.9 Å². The van der Waals surface area contributed by atoms with Gasteiger partial charge in [-0.3, -0.25) is 9.52 Å². The normalized spacial score (nSPS) is 11.2. The third-order valence-corrected chi connectivity index (χ3v) is 7.45. The van der Waals surface area contributed by atoms with Crippen LogP contribution in [0.1, 0.15) is 15.9 Å². The minimum atomic E-state index is -3.72. The number of nitrogens with zero attached hydrogens (tertiary/aromatic N) is 1. The predicted octanol–water partition coefficient (Wildman–Crippen LogP) is 6.27. The van der Waals surface area contributed by atoms with E-state index in [9.17, 15) is 13.2 Å². The Morgan fingerprint density at radius 3 is 2.26 bits per heavy atom. The van der Waals surface area contributed by atoms with Gasteiger partial charge in [-0.15, -0.1) is 0 Å². The number of rotatable bonds is 7. The van der Waals surface area contributed by atoms with Gasteiger partial charge in [0.2, 0.25) is 0 Å². The first-order chi connectivity index (χ1) is 18.3. The molecule has 5 rings (SSSR count). The zero-order valence-corrected chi connectivity index (χ0v) is 21.6. The summed E-state index contributed by atoms with van der Waals surface area (Å²) in [6.07, 6.45) is 0. The van der Waals surface area contributed by atoms with E-state index in [-0.39, 0.29) is 10.8 Å². The van der Waals surface area contributed by atoms with Gasteiger partial charge in [-0.2, -0.15) is 0 Å². The van der Waals surface area contributed by atoms with E-state index in [0.717, 1.165) is 16.5 Å². The molecule has 1 aromatic heterocycles. The Bertz CT molecular complexity index is 1730. The minimum absolute atomic E-state index is 0.178. The number of sulfonamides is 1. The highest BCUT2D eigenvalue weighted by atomic mass is 32.2. The molecule has 1 heterocycles. The Hall–Kier alpha value is -4.69. The first kappa shape index (κ1) is 25.0. The average molecular weight is 524 g/mol. The van der Waals surface area contributed by atoms with Gasteiger partial charge in [-0.25, -0.2) is 13.4 Å². The fourth-order valence-corrected chi connectivity index (χ4v) is 5.10. The van der Waals surface area contributed by atoms with Crippen LogP contribution in [0, 0.1) is 6.92 Å². The highest BCUT2D eigenvalue weighted by Gasteiger charge is 2.16. The zero-order chi connectivity index (χ0) is 26.7. The van der Waals surface area contributed by atoms with Gasteiger partial charge in [0.15, 0.2) is 0 Å². The molecule has 1 amide bonds. The van der Waals surface area contributed by atoms with Crippen molar-refractivity contribution in [3.05, 3.63) is 114 Å². The van der Waals surface area contributed by atoms with Crippen molar-refractivity contribution in [2.75, 3.05) is 17.1 Å². The van der Waals surface area contributed by atoms with Gasteiger partial charge in [0.25, 0.3) is 15.9 Å². The number of nitrogens with one attached hydrogen (secondary N) is 2. The van der Waals surface area contributed by atoms with Gasteiger partial charge < -0.3 is 10.1 Å². The molecule has 7 nitrogen and oxygen atoms in total. The second-order valence-electron chi connectivity index (χ2n) is 8.75. The number of carbonyl (C=O) groups excluding carboxylic acids is 1. The van der Waals surface area contributed by atoms with Crippen molar-refractivity contribution in [1.29, 1.82) is 0 Å². The molecular formula is C30H25N3O4S. The Morgan fingerprint density at radius 1 is 0.816 bits per heavy atom. The number of ether oxygens (including phenoxy) is 1. The molecule has 5 aromatic rings. The predicted molar refractivity (Wildman–Crippen MR) is 150 cm³/mol. The van der Waals surface area contributed by atoms with Gasteiger partial charge >= 0.3 is 0 Å². The molecule has 4 aromatic carbocycles. The average Bonchev–Trinajstić information content (AvgIpc) is 2.93. The van der Waals surface area contributed by atoms with Crippen LogP contribution in [0.5, 0.6) is 5.75 Å². The summed E-state index contributed by atoms with van der Waals surface area (Å²) in [6, 6.07) is 29.9. The van der Waals surface area contributed by atoms with Crippen molar-refractivity contribution in [2.45, 2.75) is 11.8 Å². The van der Waals surface area contributed by atoms with Crippen molar-refractivity contribution in [3.63, 3.8) is 0 Å². The standard InChI is InChI=1S/C30H25N3O4S/c1-20-10-16-25(17-11-20)38(35,36)33-23-14-12-22(13-15-23)31-30(34)27-19-29(21-6-5-7-24(18-21)37-2)32-28-9-4-3-8-26(27)28/h3-19,33H,1-2H3,(H,31,34). The molecule has 8 heteroatoms. The molecule has 0 aliphatic carbocycles. The fourth-order valence-electron chi connectivity index (χ4n) is 4.05. The number of hydrogen-bond donors (Lipinski definition) is 2.